The van der Waals surface area contributed by atoms with Gasteiger partial charge in [0.25, 0.3) is 5.91 Å². The van der Waals surface area contributed by atoms with Crippen LogP contribution in [-0.2, 0) is 35.1 Å². The minimum atomic E-state index is -0.776. The summed E-state index contributed by atoms with van der Waals surface area (Å²) in [5.41, 5.74) is 6.97. The maximum atomic E-state index is 14.4. The molecule has 1 aliphatic heterocycles. The molecule has 2 heterocycles. The molecule has 16 heteroatoms. The van der Waals surface area contributed by atoms with Crippen molar-refractivity contribution in [1.82, 2.24) is 35.2 Å². The molecule has 1 fully saturated rings. The molecule has 0 saturated carbocycles. The average molecular weight is 885 g/mol. The minimum absolute atomic E-state index is 0.0100. The molecule has 1 aromatic carbocycles. The fourth-order valence-electron chi connectivity index (χ4n) is 8.80. The van der Waals surface area contributed by atoms with Crippen molar-refractivity contribution in [2.45, 2.75) is 123 Å². The summed E-state index contributed by atoms with van der Waals surface area (Å²) in [4.78, 5) is 81.1. The highest BCUT2D eigenvalue weighted by Gasteiger charge is 2.43. The normalized spacial score (nSPS) is 18.1. The molecule has 15 nitrogen and oxygen atoms in total. The SMILES string of the molecule is CC[C@H](C)[C@@H]([C@@H](CC(=O)N1CCCC1[C@H](OC)[C@@H](C)C(=O)N[C@@H](Cc1ccccc1)c1nc(C(=O)N(C)CCN)cs1)OC)N(C)C(=O)C(NC(=O)C(C(C)C)N(C)C)C(C)C. The summed E-state index contributed by atoms with van der Waals surface area (Å²) in [6.07, 6.45) is 1.30. The number of carbonyl (C=O) groups is 5. The number of amides is 5. The zero-order chi connectivity index (χ0) is 46.4. The van der Waals surface area contributed by atoms with Crippen molar-refractivity contribution in [3.63, 3.8) is 0 Å². The summed E-state index contributed by atoms with van der Waals surface area (Å²) in [6, 6.07) is 7.22. The monoisotopic (exact) mass is 885 g/mol. The van der Waals surface area contributed by atoms with E-state index in [1.54, 1.807) is 38.6 Å². The third-order valence-corrected chi connectivity index (χ3v) is 13.4. The van der Waals surface area contributed by atoms with Crippen molar-refractivity contribution in [3.8, 4) is 0 Å². The molecule has 0 radical (unpaired) electrons. The molecule has 1 saturated heterocycles. The van der Waals surface area contributed by atoms with E-state index in [9.17, 15) is 24.0 Å². The molecule has 0 aliphatic carbocycles. The Morgan fingerprint density at radius 3 is 2.15 bits per heavy atom. The quantitative estimate of drug-likeness (QED) is 0.138. The van der Waals surface area contributed by atoms with Crippen LogP contribution in [0.4, 0.5) is 0 Å². The zero-order valence-electron chi connectivity index (χ0n) is 39.6. The van der Waals surface area contributed by atoms with Crippen LogP contribution in [0.25, 0.3) is 0 Å². The van der Waals surface area contributed by atoms with E-state index in [1.807, 2.05) is 103 Å². The highest BCUT2D eigenvalue weighted by molar-refractivity contribution is 7.09. The number of likely N-dealkylation sites (N-methyl/N-ethyl adjacent to an activating group) is 3. The zero-order valence-corrected chi connectivity index (χ0v) is 40.4. The molecule has 0 spiro atoms. The standard InChI is InChI=1S/C46H76N8O7S/c1-14-30(6)40(53(11)46(59)38(28(2)3)50-43(57)39(29(4)5)51(8)9)36(60-12)26-37(55)54-23-18-21-35(54)41(61-13)31(7)42(56)48-33(25-32-19-16-15-17-20-32)44-49-34(27-62-44)45(58)52(10)24-22-47/h15-17,19-20,27-31,33,35-36,38-41H,14,18,21-26,47H2,1-13H3,(H,48,56)(H,50,57)/t30-,31+,33-,35?,36+,38?,39?,40-,41+/m0/s1. The lowest BCUT2D eigenvalue weighted by Gasteiger charge is -2.41. The van der Waals surface area contributed by atoms with Crippen LogP contribution in [-0.4, -0.2) is 153 Å². The summed E-state index contributed by atoms with van der Waals surface area (Å²) in [5, 5.41) is 8.57. The number of nitrogens with zero attached hydrogens (tertiary/aromatic N) is 5. The van der Waals surface area contributed by atoms with Gasteiger partial charge in [-0.2, -0.15) is 0 Å². The maximum Gasteiger partial charge on any atom is 0.273 e. The third kappa shape index (κ3) is 13.5. The molecule has 3 unspecified atom stereocenters. The van der Waals surface area contributed by atoms with E-state index in [1.165, 1.54) is 16.2 Å². The van der Waals surface area contributed by atoms with Crippen LogP contribution in [0.1, 0.15) is 101 Å². The van der Waals surface area contributed by atoms with E-state index >= 15 is 0 Å². The van der Waals surface area contributed by atoms with Crippen LogP contribution in [0.5, 0.6) is 0 Å². The van der Waals surface area contributed by atoms with Crippen molar-refractivity contribution in [2.75, 3.05) is 62.0 Å². The molecule has 9 atom stereocenters. The van der Waals surface area contributed by atoms with Crippen molar-refractivity contribution >= 4 is 40.9 Å². The van der Waals surface area contributed by atoms with E-state index in [2.05, 4.69) is 15.6 Å². The number of ether oxygens (including phenoxy) is 2. The molecule has 1 aromatic heterocycles. The number of methoxy groups -OCH3 is 2. The molecule has 3 rings (SSSR count). The number of rotatable bonds is 24. The predicted octanol–water partition coefficient (Wildman–Crippen LogP) is 4.22. The Kier molecular flexibility index (Phi) is 20.9. The van der Waals surface area contributed by atoms with Gasteiger partial charge in [-0.25, -0.2) is 4.98 Å². The summed E-state index contributed by atoms with van der Waals surface area (Å²) in [7, 11) is 10.3. The first-order valence-electron chi connectivity index (χ1n) is 22.2. The number of nitrogens with one attached hydrogen (secondary N) is 2. The van der Waals surface area contributed by atoms with Gasteiger partial charge in [0, 0.05) is 53.3 Å². The van der Waals surface area contributed by atoms with E-state index in [0.717, 1.165) is 18.4 Å². The number of thiazole rings is 1. The van der Waals surface area contributed by atoms with Gasteiger partial charge < -0.3 is 40.5 Å². The topological polar surface area (TPSA) is 180 Å². The Balaban J connectivity index is 1.83. The Morgan fingerprint density at radius 1 is 0.935 bits per heavy atom. The van der Waals surface area contributed by atoms with Crippen LogP contribution in [0, 0.1) is 23.7 Å². The molecular weight excluding hydrogens is 809 g/mol. The highest BCUT2D eigenvalue weighted by Crippen LogP contribution is 2.31. The van der Waals surface area contributed by atoms with E-state index in [4.69, 9.17) is 15.2 Å². The van der Waals surface area contributed by atoms with Crippen LogP contribution >= 0.6 is 11.3 Å². The average Bonchev–Trinajstić information content (AvgIpc) is 3.93. The minimum Gasteiger partial charge on any atom is -0.379 e. The molecule has 62 heavy (non-hydrogen) atoms. The van der Waals surface area contributed by atoms with Gasteiger partial charge in [0.2, 0.25) is 23.6 Å². The molecule has 348 valence electrons. The van der Waals surface area contributed by atoms with Gasteiger partial charge in [-0.15, -0.1) is 11.3 Å². The Hall–Kier alpha value is -3.96. The van der Waals surface area contributed by atoms with Gasteiger partial charge in [0.05, 0.1) is 48.7 Å². The van der Waals surface area contributed by atoms with E-state index in [-0.39, 0.29) is 59.8 Å². The van der Waals surface area contributed by atoms with Crippen molar-refractivity contribution in [2.24, 2.45) is 29.4 Å². The second-order valence-corrected chi connectivity index (χ2v) is 18.7. The number of hydrogen-bond acceptors (Lipinski definition) is 11. The lowest BCUT2D eigenvalue weighted by atomic mass is 9.89. The first-order chi connectivity index (χ1) is 29.3. The molecule has 0 bridgehead atoms. The third-order valence-electron chi connectivity index (χ3n) is 12.4. The number of nitrogens with two attached hydrogens (primary N) is 1. The summed E-state index contributed by atoms with van der Waals surface area (Å²) in [6.45, 7) is 14.9. The molecular formula is C46H76N8O7S. The van der Waals surface area contributed by atoms with Crippen LogP contribution in [0.2, 0.25) is 0 Å². The summed E-state index contributed by atoms with van der Waals surface area (Å²) >= 11 is 1.32. The van der Waals surface area contributed by atoms with Crippen LogP contribution in [0.3, 0.4) is 0 Å². The second-order valence-electron chi connectivity index (χ2n) is 17.8. The van der Waals surface area contributed by atoms with Gasteiger partial charge in [-0.1, -0.05) is 85.2 Å². The van der Waals surface area contributed by atoms with Gasteiger partial charge in [-0.05, 0) is 56.7 Å². The largest absolute Gasteiger partial charge is 0.379 e. The van der Waals surface area contributed by atoms with Gasteiger partial charge in [-0.3, -0.25) is 28.9 Å². The number of carbonyl (C=O) groups excluding carboxylic acids is 5. The fourth-order valence-corrected chi connectivity index (χ4v) is 9.64. The number of likely N-dealkylation sites (tertiary alicyclic amines) is 1. The van der Waals surface area contributed by atoms with Crippen LogP contribution in [0.15, 0.2) is 35.7 Å². The highest BCUT2D eigenvalue weighted by atomic mass is 32.1. The fraction of sp³-hybridized carbons (Fsp3) is 0.696. The lowest BCUT2D eigenvalue weighted by molar-refractivity contribution is -0.148. The second kappa shape index (κ2) is 24.8. The summed E-state index contributed by atoms with van der Waals surface area (Å²) in [5.74, 6) is -1.95. The summed E-state index contributed by atoms with van der Waals surface area (Å²) < 4.78 is 12.1. The predicted molar refractivity (Wildman–Crippen MR) is 244 cm³/mol. The van der Waals surface area contributed by atoms with Crippen molar-refractivity contribution in [1.29, 1.82) is 0 Å². The molecule has 5 amide bonds. The maximum absolute atomic E-state index is 14.4. The lowest BCUT2D eigenvalue weighted by Crippen LogP contribution is -2.59. The van der Waals surface area contributed by atoms with Crippen molar-refractivity contribution < 1.29 is 33.4 Å². The number of aromatic nitrogens is 1. The van der Waals surface area contributed by atoms with Gasteiger partial charge >= 0.3 is 0 Å². The number of benzene rings is 1. The van der Waals surface area contributed by atoms with Crippen molar-refractivity contribution in [3.05, 3.63) is 52.0 Å². The smallest absolute Gasteiger partial charge is 0.273 e. The van der Waals surface area contributed by atoms with E-state index < -0.39 is 42.3 Å². The molecule has 1 aliphatic rings. The Morgan fingerprint density at radius 2 is 1.60 bits per heavy atom. The van der Waals surface area contributed by atoms with E-state index in [0.29, 0.717) is 43.2 Å². The molecule has 2 aromatic rings. The first kappa shape index (κ1) is 52.4. The van der Waals surface area contributed by atoms with Crippen LogP contribution < -0.4 is 16.4 Å². The Labute approximate surface area is 374 Å². The first-order valence-corrected chi connectivity index (χ1v) is 23.0. The number of hydrogen-bond donors (Lipinski definition) is 3. The van der Waals surface area contributed by atoms with Gasteiger partial charge in [0.15, 0.2) is 0 Å². The molecule has 4 N–H and O–H groups in total. The Bertz CT molecular complexity index is 1730. The van der Waals surface area contributed by atoms with Gasteiger partial charge in [0.1, 0.15) is 16.7 Å².